The number of carbonyl (C=O) groups is 1. The van der Waals surface area contributed by atoms with Crippen molar-refractivity contribution in [3.8, 4) is 0 Å². The van der Waals surface area contributed by atoms with Gasteiger partial charge in [-0.2, -0.15) is 4.31 Å². The Kier molecular flexibility index (Phi) is 3.96. The minimum Gasteiger partial charge on any atom is -0.478 e. The van der Waals surface area contributed by atoms with Crippen LogP contribution in [0.4, 0.5) is 0 Å². The molecule has 1 aliphatic heterocycles. The Morgan fingerprint density at radius 3 is 2.40 bits per heavy atom. The summed E-state index contributed by atoms with van der Waals surface area (Å²) in [5.74, 6) is -1.07. The average Bonchev–Trinajstić information content (AvgIpc) is 2.38. The first-order valence-corrected chi connectivity index (χ1v) is 8.09. The number of carboxylic acid groups (broad SMARTS) is 1. The van der Waals surface area contributed by atoms with E-state index in [1.165, 1.54) is 4.31 Å². The number of hydrogen-bond donors (Lipinski definition) is 1. The number of sulfonamides is 1. The van der Waals surface area contributed by atoms with Crippen LogP contribution in [0.15, 0.2) is 35.9 Å². The minimum atomic E-state index is -3.47. The van der Waals surface area contributed by atoms with Crippen molar-refractivity contribution >= 4 is 16.0 Å². The van der Waals surface area contributed by atoms with E-state index in [9.17, 15) is 13.2 Å². The second-order valence-corrected chi connectivity index (χ2v) is 6.94. The molecule has 0 spiro atoms. The van der Waals surface area contributed by atoms with Gasteiger partial charge in [-0.3, -0.25) is 0 Å². The molecule has 1 N–H and O–H groups in total. The Hall–Kier alpha value is -1.66. The molecule has 6 heteroatoms. The number of carboxylic acids is 1. The normalized spacial score (nSPS) is 20.5. The highest BCUT2D eigenvalue weighted by atomic mass is 32.2. The summed E-state index contributed by atoms with van der Waals surface area (Å²) < 4.78 is 25.1. The zero-order chi connectivity index (χ0) is 14.9. The zero-order valence-corrected chi connectivity index (χ0v) is 12.2. The van der Waals surface area contributed by atoms with Crippen molar-refractivity contribution < 1.29 is 18.3 Å². The third-order valence-electron chi connectivity index (χ3n) is 3.42. The minimum absolute atomic E-state index is 0.0906. The van der Waals surface area contributed by atoms with Crippen LogP contribution in [0.1, 0.15) is 23.6 Å². The van der Waals surface area contributed by atoms with Crippen LogP contribution in [-0.4, -0.2) is 36.6 Å². The summed E-state index contributed by atoms with van der Waals surface area (Å²) in [5, 5.41) is 9.03. The maximum atomic E-state index is 11.9. The van der Waals surface area contributed by atoms with E-state index in [0.717, 1.165) is 17.4 Å². The molecule has 2 rings (SSSR count). The lowest BCUT2D eigenvalue weighted by molar-refractivity contribution is -0.133. The zero-order valence-electron chi connectivity index (χ0n) is 11.4. The molecule has 1 aromatic carbocycles. The molecule has 5 nitrogen and oxygen atoms in total. The van der Waals surface area contributed by atoms with Gasteiger partial charge in [0.1, 0.15) is 0 Å². The highest BCUT2D eigenvalue weighted by Crippen LogP contribution is 2.32. The molecule has 1 heterocycles. The lowest BCUT2D eigenvalue weighted by Gasteiger charge is -2.32. The first-order valence-electron chi connectivity index (χ1n) is 6.25. The molecule has 0 fully saturated rings. The van der Waals surface area contributed by atoms with E-state index in [4.69, 9.17) is 5.11 Å². The van der Waals surface area contributed by atoms with Crippen molar-refractivity contribution in [2.24, 2.45) is 0 Å². The molecule has 0 saturated carbocycles. The van der Waals surface area contributed by atoms with Crippen molar-refractivity contribution in [3.63, 3.8) is 0 Å². The summed E-state index contributed by atoms with van der Waals surface area (Å²) in [7, 11) is -3.47. The lowest BCUT2D eigenvalue weighted by atomic mass is 9.97. The van der Waals surface area contributed by atoms with Gasteiger partial charge >= 0.3 is 5.97 Å². The van der Waals surface area contributed by atoms with Crippen LogP contribution >= 0.6 is 0 Å². The standard InChI is InChI=1S/C14H17NO4S/c1-10-3-5-11(6-4-10)13-8-7-12(14(16)17)9-15(13)20(2,18)19/h3-7,13H,8-9H2,1-2H3,(H,16,17). The SMILES string of the molecule is Cc1ccc(C2CC=C(C(=O)O)CN2S(C)(=O)=O)cc1. The van der Waals surface area contributed by atoms with Crippen LogP contribution < -0.4 is 0 Å². The van der Waals surface area contributed by atoms with Gasteiger partial charge in [-0.05, 0) is 18.9 Å². The van der Waals surface area contributed by atoms with Crippen LogP contribution in [-0.2, 0) is 14.8 Å². The molecule has 108 valence electrons. The van der Waals surface area contributed by atoms with Gasteiger partial charge in [-0.25, -0.2) is 13.2 Å². The highest BCUT2D eigenvalue weighted by molar-refractivity contribution is 7.88. The topological polar surface area (TPSA) is 74.7 Å². The molecule has 0 saturated heterocycles. The molecule has 1 aromatic rings. The van der Waals surface area contributed by atoms with E-state index in [1.807, 2.05) is 31.2 Å². The molecular formula is C14H17NO4S. The highest BCUT2D eigenvalue weighted by Gasteiger charge is 2.32. The van der Waals surface area contributed by atoms with Crippen molar-refractivity contribution in [3.05, 3.63) is 47.0 Å². The van der Waals surface area contributed by atoms with E-state index in [2.05, 4.69) is 0 Å². The summed E-state index contributed by atoms with van der Waals surface area (Å²) in [6.45, 7) is 1.87. The molecule has 0 aromatic heterocycles. The predicted octanol–water partition coefficient (Wildman–Crippen LogP) is 1.71. The van der Waals surface area contributed by atoms with Crippen LogP contribution in [0.3, 0.4) is 0 Å². The molecular weight excluding hydrogens is 278 g/mol. The van der Waals surface area contributed by atoms with Gasteiger partial charge in [-0.1, -0.05) is 35.9 Å². The fourth-order valence-electron chi connectivity index (χ4n) is 2.31. The number of aliphatic carboxylic acids is 1. The van der Waals surface area contributed by atoms with Crippen molar-refractivity contribution in [2.45, 2.75) is 19.4 Å². The van der Waals surface area contributed by atoms with Gasteiger partial charge in [0, 0.05) is 12.1 Å². The second kappa shape index (κ2) is 5.38. The lowest BCUT2D eigenvalue weighted by Crippen LogP contribution is -2.39. The van der Waals surface area contributed by atoms with Gasteiger partial charge in [0.2, 0.25) is 10.0 Å². The van der Waals surface area contributed by atoms with Gasteiger partial charge < -0.3 is 5.11 Å². The summed E-state index contributed by atoms with van der Waals surface area (Å²) in [6.07, 6.45) is 3.09. The number of hydrogen-bond acceptors (Lipinski definition) is 3. The first-order chi connectivity index (χ1) is 9.29. The number of nitrogens with zero attached hydrogens (tertiary/aromatic N) is 1. The number of aryl methyl sites for hydroxylation is 1. The molecule has 1 aliphatic rings. The number of rotatable bonds is 3. The summed E-state index contributed by atoms with van der Waals surface area (Å²) >= 11 is 0. The Morgan fingerprint density at radius 2 is 1.90 bits per heavy atom. The van der Waals surface area contributed by atoms with Gasteiger partial charge in [0.25, 0.3) is 0 Å². The fraction of sp³-hybridized carbons (Fsp3) is 0.357. The van der Waals surface area contributed by atoms with E-state index in [1.54, 1.807) is 6.08 Å². The van der Waals surface area contributed by atoms with Gasteiger partial charge in [0.05, 0.1) is 12.3 Å². The molecule has 1 unspecified atom stereocenters. The monoisotopic (exact) mass is 295 g/mol. The smallest absolute Gasteiger partial charge is 0.332 e. The van der Waals surface area contributed by atoms with E-state index in [0.29, 0.717) is 6.42 Å². The third kappa shape index (κ3) is 3.08. The molecule has 20 heavy (non-hydrogen) atoms. The molecule has 0 aliphatic carbocycles. The third-order valence-corrected chi connectivity index (χ3v) is 4.66. The van der Waals surface area contributed by atoms with Crippen molar-refractivity contribution in [2.75, 3.05) is 12.8 Å². The quantitative estimate of drug-likeness (QED) is 0.921. The molecule has 0 bridgehead atoms. The molecule has 0 amide bonds. The first kappa shape index (κ1) is 14.7. The summed E-state index contributed by atoms with van der Waals surface area (Å²) in [5.41, 5.74) is 2.10. The van der Waals surface area contributed by atoms with E-state index >= 15 is 0 Å². The van der Waals surface area contributed by atoms with Gasteiger partial charge in [-0.15, -0.1) is 0 Å². The Morgan fingerprint density at radius 1 is 1.30 bits per heavy atom. The van der Waals surface area contributed by atoms with E-state index in [-0.39, 0.29) is 18.2 Å². The van der Waals surface area contributed by atoms with E-state index < -0.39 is 16.0 Å². The van der Waals surface area contributed by atoms with Crippen molar-refractivity contribution in [1.82, 2.24) is 4.31 Å². The maximum absolute atomic E-state index is 11.9. The van der Waals surface area contributed by atoms with Crippen LogP contribution in [0.25, 0.3) is 0 Å². The number of benzene rings is 1. The largest absolute Gasteiger partial charge is 0.478 e. The second-order valence-electron chi connectivity index (χ2n) is 5.00. The average molecular weight is 295 g/mol. The summed E-state index contributed by atoms with van der Waals surface area (Å²) in [4.78, 5) is 11.0. The molecule has 0 radical (unpaired) electrons. The fourth-order valence-corrected chi connectivity index (χ4v) is 3.35. The Labute approximate surface area is 118 Å². The van der Waals surface area contributed by atoms with Crippen LogP contribution in [0, 0.1) is 6.92 Å². The maximum Gasteiger partial charge on any atom is 0.332 e. The van der Waals surface area contributed by atoms with Crippen molar-refractivity contribution in [1.29, 1.82) is 0 Å². The molecule has 1 atom stereocenters. The van der Waals surface area contributed by atoms with Crippen LogP contribution in [0.5, 0.6) is 0 Å². The Bertz CT molecular complexity index is 646. The summed E-state index contributed by atoms with van der Waals surface area (Å²) in [6, 6.07) is 7.28. The van der Waals surface area contributed by atoms with Crippen LogP contribution in [0.2, 0.25) is 0 Å². The van der Waals surface area contributed by atoms with Gasteiger partial charge in [0.15, 0.2) is 0 Å². The predicted molar refractivity (Wildman–Crippen MR) is 75.8 cm³/mol. The Balaban J connectivity index is 2.40.